The topological polar surface area (TPSA) is 39.0 Å². The number of carbonyl (C=O) groups is 1. The Morgan fingerprint density at radius 3 is 2.70 bits per heavy atom. The molecule has 2 aromatic heterocycles. The highest BCUT2D eigenvalue weighted by molar-refractivity contribution is 5.84. The lowest BCUT2D eigenvalue weighted by molar-refractivity contribution is -0.121. The molecule has 1 amide bonds. The Balaban J connectivity index is 1.50. The van der Waals surface area contributed by atoms with Crippen molar-refractivity contribution in [3.8, 4) is 0 Å². The van der Waals surface area contributed by atoms with E-state index in [0.29, 0.717) is 13.0 Å². The van der Waals surface area contributed by atoms with Crippen LogP contribution in [0, 0.1) is 0 Å². The molecule has 0 radical (unpaired) electrons. The standard InChI is InChI=1S/C19H23N3O/c1-21-12-6-8-16(21)13-20-19(23)11-5-7-15-14-22(2)18-10-4-3-9-17(15)18/h3-4,6,8-10,12,14H,5,7,11,13H2,1-2H3,(H,20,23). The molecule has 2 heterocycles. The summed E-state index contributed by atoms with van der Waals surface area (Å²) in [6.07, 6.45) is 6.52. The van der Waals surface area contributed by atoms with Crippen LogP contribution in [-0.4, -0.2) is 15.0 Å². The molecule has 0 unspecified atom stereocenters. The summed E-state index contributed by atoms with van der Waals surface area (Å²) in [5.41, 5.74) is 3.68. The van der Waals surface area contributed by atoms with Gasteiger partial charge >= 0.3 is 0 Å². The second kappa shape index (κ2) is 6.73. The van der Waals surface area contributed by atoms with Crippen LogP contribution in [0.4, 0.5) is 0 Å². The third-order valence-electron chi connectivity index (χ3n) is 4.35. The van der Waals surface area contributed by atoms with E-state index in [-0.39, 0.29) is 5.91 Å². The summed E-state index contributed by atoms with van der Waals surface area (Å²) in [7, 11) is 4.06. The van der Waals surface area contributed by atoms with Crippen molar-refractivity contribution in [3.05, 3.63) is 60.0 Å². The largest absolute Gasteiger partial charge is 0.353 e. The van der Waals surface area contributed by atoms with Crippen molar-refractivity contribution in [2.45, 2.75) is 25.8 Å². The number of para-hydroxylation sites is 1. The fraction of sp³-hybridized carbons (Fsp3) is 0.316. The summed E-state index contributed by atoms with van der Waals surface area (Å²) < 4.78 is 4.18. The normalized spacial score (nSPS) is 11.0. The van der Waals surface area contributed by atoms with Gasteiger partial charge in [-0.05, 0) is 36.6 Å². The first-order valence-corrected chi connectivity index (χ1v) is 8.05. The summed E-state index contributed by atoms with van der Waals surface area (Å²) >= 11 is 0. The van der Waals surface area contributed by atoms with Crippen LogP contribution >= 0.6 is 0 Å². The number of nitrogens with zero attached hydrogens (tertiary/aromatic N) is 2. The maximum absolute atomic E-state index is 12.0. The predicted molar refractivity (Wildman–Crippen MR) is 93.1 cm³/mol. The smallest absolute Gasteiger partial charge is 0.220 e. The van der Waals surface area contributed by atoms with Crippen LogP contribution < -0.4 is 5.32 Å². The molecule has 0 aliphatic rings. The van der Waals surface area contributed by atoms with Gasteiger partial charge < -0.3 is 14.5 Å². The molecule has 4 nitrogen and oxygen atoms in total. The highest BCUT2D eigenvalue weighted by Gasteiger charge is 2.07. The van der Waals surface area contributed by atoms with Gasteiger partial charge in [-0.25, -0.2) is 0 Å². The SMILES string of the molecule is Cn1cccc1CNC(=O)CCCc1cn(C)c2ccccc12. The summed E-state index contributed by atoms with van der Waals surface area (Å²) in [6.45, 7) is 0.594. The Labute approximate surface area is 136 Å². The van der Waals surface area contributed by atoms with Crippen LogP contribution in [0.1, 0.15) is 24.1 Å². The van der Waals surface area contributed by atoms with Crippen molar-refractivity contribution in [1.29, 1.82) is 0 Å². The quantitative estimate of drug-likeness (QED) is 0.746. The van der Waals surface area contributed by atoms with Crippen LogP contribution in [0.3, 0.4) is 0 Å². The van der Waals surface area contributed by atoms with Crippen molar-refractivity contribution >= 4 is 16.8 Å². The Bertz CT molecular complexity index is 813. The molecule has 0 fully saturated rings. The first-order valence-electron chi connectivity index (χ1n) is 8.05. The van der Waals surface area contributed by atoms with Gasteiger partial charge in [0.2, 0.25) is 5.91 Å². The summed E-state index contributed by atoms with van der Waals surface area (Å²) in [4.78, 5) is 12.0. The van der Waals surface area contributed by atoms with Crippen molar-refractivity contribution in [2.24, 2.45) is 14.1 Å². The lowest BCUT2D eigenvalue weighted by Crippen LogP contribution is -2.23. The van der Waals surface area contributed by atoms with Crippen LogP contribution in [0.5, 0.6) is 0 Å². The number of fused-ring (bicyclic) bond motifs is 1. The molecule has 0 saturated carbocycles. The third-order valence-corrected chi connectivity index (χ3v) is 4.35. The van der Waals surface area contributed by atoms with E-state index in [0.717, 1.165) is 18.5 Å². The van der Waals surface area contributed by atoms with Gasteiger partial charge in [-0.2, -0.15) is 0 Å². The lowest BCUT2D eigenvalue weighted by Gasteiger charge is -2.06. The van der Waals surface area contributed by atoms with Gasteiger partial charge in [-0.15, -0.1) is 0 Å². The van der Waals surface area contributed by atoms with E-state index in [4.69, 9.17) is 0 Å². The maximum atomic E-state index is 12.0. The van der Waals surface area contributed by atoms with E-state index in [2.05, 4.69) is 47.4 Å². The minimum Gasteiger partial charge on any atom is -0.353 e. The van der Waals surface area contributed by atoms with Gasteiger partial charge in [0, 0.05) is 49.5 Å². The lowest BCUT2D eigenvalue weighted by atomic mass is 10.1. The number of carbonyl (C=O) groups excluding carboxylic acids is 1. The van der Waals surface area contributed by atoms with E-state index in [1.54, 1.807) is 0 Å². The first-order chi connectivity index (χ1) is 11.1. The van der Waals surface area contributed by atoms with Crippen LogP contribution in [0.25, 0.3) is 10.9 Å². The maximum Gasteiger partial charge on any atom is 0.220 e. The number of hydrogen-bond donors (Lipinski definition) is 1. The molecule has 0 aliphatic carbocycles. The highest BCUT2D eigenvalue weighted by Crippen LogP contribution is 2.21. The molecule has 0 atom stereocenters. The van der Waals surface area contributed by atoms with E-state index in [9.17, 15) is 4.79 Å². The minimum absolute atomic E-state index is 0.117. The van der Waals surface area contributed by atoms with Gasteiger partial charge in [-0.1, -0.05) is 18.2 Å². The van der Waals surface area contributed by atoms with Crippen LogP contribution in [0.15, 0.2) is 48.8 Å². The number of nitrogens with one attached hydrogen (secondary N) is 1. The zero-order valence-corrected chi connectivity index (χ0v) is 13.7. The molecule has 1 aromatic carbocycles. The molecule has 0 aliphatic heterocycles. The molecular weight excluding hydrogens is 286 g/mol. The molecule has 120 valence electrons. The molecule has 0 spiro atoms. The van der Waals surface area contributed by atoms with Crippen LogP contribution in [0.2, 0.25) is 0 Å². The van der Waals surface area contributed by atoms with E-state index in [1.807, 2.05) is 29.9 Å². The Morgan fingerprint density at radius 2 is 1.91 bits per heavy atom. The molecule has 3 aromatic rings. The number of amides is 1. The fourth-order valence-corrected chi connectivity index (χ4v) is 3.02. The molecule has 0 bridgehead atoms. The molecule has 0 saturated heterocycles. The van der Waals surface area contributed by atoms with Crippen molar-refractivity contribution < 1.29 is 4.79 Å². The van der Waals surface area contributed by atoms with Crippen LogP contribution in [-0.2, 0) is 31.9 Å². The summed E-state index contributed by atoms with van der Waals surface area (Å²) in [5, 5.41) is 4.28. The van der Waals surface area contributed by atoms with Crippen molar-refractivity contribution in [1.82, 2.24) is 14.5 Å². The third kappa shape index (κ3) is 3.47. The Kier molecular flexibility index (Phi) is 4.51. The average Bonchev–Trinajstić information content (AvgIpc) is 3.10. The fourth-order valence-electron chi connectivity index (χ4n) is 3.02. The number of benzene rings is 1. The number of hydrogen-bond acceptors (Lipinski definition) is 1. The second-order valence-corrected chi connectivity index (χ2v) is 6.02. The molecule has 1 N–H and O–H groups in total. The van der Waals surface area contributed by atoms with Gasteiger partial charge in [0.05, 0.1) is 6.54 Å². The summed E-state index contributed by atoms with van der Waals surface area (Å²) in [6, 6.07) is 12.4. The monoisotopic (exact) mass is 309 g/mol. The first kappa shape index (κ1) is 15.4. The van der Waals surface area contributed by atoms with E-state index >= 15 is 0 Å². The average molecular weight is 309 g/mol. The second-order valence-electron chi connectivity index (χ2n) is 6.02. The predicted octanol–water partition coefficient (Wildman–Crippen LogP) is 3.16. The Morgan fingerprint density at radius 1 is 1.09 bits per heavy atom. The molecule has 3 rings (SSSR count). The van der Waals surface area contributed by atoms with Gasteiger partial charge in [0.25, 0.3) is 0 Å². The van der Waals surface area contributed by atoms with Crippen molar-refractivity contribution in [3.63, 3.8) is 0 Å². The van der Waals surface area contributed by atoms with Gasteiger partial charge in [0.15, 0.2) is 0 Å². The van der Waals surface area contributed by atoms with Gasteiger partial charge in [0.1, 0.15) is 0 Å². The van der Waals surface area contributed by atoms with E-state index < -0.39 is 0 Å². The molecular formula is C19H23N3O. The van der Waals surface area contributed by atoms with Gasteiger partial charge in [-0.3, -0.25) is 4.79 Å². The molecule has 23 heavy (non-hydrogen) atoms. The molecule has 4 heteroatoms. The van der Waals surface area contributed by atoms with Crippen molar-refractivity contribution in [2.75, 3.05) is 0 Å². The highest BCUT2D eigenvalue weighted by atomic mass is 16.1. The number of aryl methyl sites for hydroxylation is 3. The zero-order valence-electron chi connectivity index (χ0n) is 13.7. The minimum atomic E-state index is 0.117. The van der Waals surface area contributed by atoms with E-state index in [1.165, 1.54) is 16.5 Å². The Hall–Kier alpha value is -2.49. The zero-order chi connectivity index (χ0) is 16.2. The number of rotatable bonds is 6. The number of aromatic nitrogens is 2. The summed E-state index contributed by atoms with van der Waals surface area (Å²) in [5.74, 6) is 0.117.